The molecular formula is C35H30N2O7S2. The Hall–Kier alpha value is -4.94. The van der Waals surface area contributed by atoms with Gasteiger partial charge in [0, 0.05) is 50.7 Å². The highest BCUT2D eigenvalue weighted by molar-refractivity contribution is 7.86. The largest absolute Gasteiger partial charge is 0.456 e. The molecule has 0 aromatic heterocycles. The average molecular weight is 655 g/mol. The van der Waals surface area contributed by atoms with E-state index in [1.807, 2.05) is 37.3 Å². The lowest BCUT2D eigenvalue weighted by Crippen LogP contribution is -2.20. The van der Waals surface area contributed by atoms with Gasteiger partial charge in [-0.05, 0) is 79.1 Å². The van der Waals surface area contributed by atoms with Crippen molar-refractivity contribution in [2.45, 2.75) is 30.6 Å². The molecule has 46 heavy (non-hydrogen) atoms. The van der Waals surface area contributed by atoms with Gasteiger partial charge in [-0.2, -0.15) is 16.8 Å². The predicted molar refractivity (Wildman–Crippen MR) is 179 cm³/mol. The van der Waals surface area contributed by atoms with Crippen molar-refractivity contribution < 1.29 is 30.7 Å². The summed E-state index contributed by atoms with van der Waals surface area (Å²) in [5.41, 5.74) is 5.11. The van der Waals surface area contributed by atoms with E-state index in [0.29, 0.717) is 72.4 Å². The van der Waals surface area contributed by atoms with Crippen LogP contribution >= 0.6 is 0 Å². The molecule has 0 unspecified atom stereocenters. The van der Waals surface area contributed by atoms with Gasteiger partial charge in [-0.3, -0.25) is 9.11 Å². The maximum atomic E-state index is 12.6. The van der Waals surface area contributed by atoms with Crippen LogP contribution in [0.4, 0.5) is 22.7 Å². The zero-order valence-electron chi connectivity index (χ0n) is 25.1. The number of hydrogen-bond donors (Lipinski definition) is 4. The second-order valence-corrected chi connectivity index (χ2v) is 13.8. The number of hydrogen-bond acceptors (Lipinski definition) is 7. The fourth-order valence-electron chi connectivity index (χ4n) is 5.97. The van der Waals surface area contributed by atoms with Crippen LogP contribution in [0.15, 0.2) is 101 Å². The summed E-state index contributed by atoms with van der Waals surface area (Å²) in [7, 11) is -9.16. The van der Waals surface area contributed by atoms with E-state index in [9.17, 15) is 25.9 Å². The lowest BCUT2D eigenvalue weighted by molar-refractivity contribution is 0.471. The highest BCUT2D eigenvalue weighted by Gasteiger charge is 2.27. The van der Waals surface area contributed by atoms with E-state index in [-0.39, 0.29) is 9.79 Å². The fraction of sp³-hybridized carbons (Fsp3) is 0.0857. The molecule has 0 fully saturated rings. The highest BCUT2D eigenvalue weighted by Crippen LogP contribution is 2.43. The van der Waals surface area contributed by atoms with Gasteiger partial charge < -0.3 is 15.4 Å². The minimum absolute atomic E-state index is 0.206. The van der Waals surface area contributed by atoms with E-state index < -0.39 is 20.2 Å². The zero-order valence-corrected chi connectivity index (χ0v) is 26.8. The van der Waals surface area contributed by atoms with Crippen LogP contribution in [0.1, 0.15) is 27.8 Å². The van der Waals surface area contributed by atoms with Gasteiger partial charge in [-0.15, -0.1) is 0 Å². The van der Waals surface area contributed by atoms with E-state index in [1.54, 1.807) is 62.4 Å². The van der Waals surface area contributed by atoms with Crippen LogP contribution < -0.4 is 25.8 Å². The molecule has 5 aromatic carbocycles. The number of benzene rings is 5. The second-order valence-electron chi connectivity index (χ2n) is 11.0. The molecule has 0 spiro atoms. The van der Waals surface area contributed by atoms with Crippen molar-refractivity contribution in [3.05, 3.63) is 129 Å². The Morgan fingerprint density at radius 1 is 0.630 bits per heavy atom. The molecule has 9 nitrogen and oxygen atoms in total. The van der Waals surface area contributed by atoms with Gasteiger partial charge in [0.25, 0.3) is 20.2 Å². The van der Waals surface area contributed by atoms with Crippen molar-refractivity contribution in [3.8, 4) is 11.5 Å². The van der Waals surface area contributed by atoms with Crippen molar-refractivity contribution >= 4 is 55.1 Å². The Bertz CT molecular complexity index is 2390. The van der Waals surface area contributed by atoms with E-state index in [4.69, 9.17) is 4.74 Å². The minimum Gasteiger partial charge on any atom is -0.456 e. The van der Waals surface area contributed by atoms with Crippen LogP contribution in [0.3, 0.4) is 0 Å². The molecule has 0 aliphatic carbocycles. The summed E-state index contributed by atoms with van der Waals surface area (Å²) in [5, 5.41) is 7.93. The molecule has 4 N–H and O–H groups in total. The Morgan fingerprint density at radius 2 is 1.26 bits per heavy atom. The lowest BCUT2D eigenvalue weighted by Gasteiger charge is -2.25. The average Bonchev–Trinajstić information content (AvgIpc) is 2.99. The first-order chi connectivity index (χ1) is 21.7. The Labute approximate surface area is 267 Å². The molecule has 0 saturated heterocycles. The maximum absolute atomic E-state index is 12.6. The van der Waals surface area contributed by atoms with Crippen molar-refractivity contribution in [1.29, 1.82) is 0 Å². The standard InChI is InChI=1S/C35H30N2O7S2/c1-20-14-16-26-29(18-20)44-30-19-25(15-17-27(30)32(26)28-12-8-9-13-31(28)45(38,39)40)37-34-21(2)33(36-24-10-6-5-7-11-24)22(3)35(23(34)4)46(41,42)43/h5-19,36-37H,1H2,2-4H3,(H,38,39,40)(H,41,42,43). The Kier molecular flexibility index (Phi) is 7.73. The van der Waals surface area contributed by atoms with E-state index in [2.05, 4.69) is 17.2 Å². The molecule has 1 aliphatic heterocycles. The SMILES string of the molecule is C=c1ccc2c(c1)Oc1cc(Nc3c(C)c(Nc4ccccc4)c(C)c(S(=O)(=O)O)c3C)ccc1C=2c1ccccc1S(=O)(=O)O. The summed E-state index contributed by atoms with van der Waals surface area (Å²) >= 11 is 0. The van der Waals surface area contributed by atoms with Crippen molar-refractivity contribution in [1.82, 2.24) is 0 Å². The van der Waals surface area contributed by atoms with Gasteiger partial charge in [-0.1, -0.05) is 55.1 Å². The van der Waals surface area contributed by atoms with Crippen molar-refractivity contribution in [2.24, 2.45) is 0 Å². The molecule has 1 heterocycles. The Balaban J connectivity index is 1.52. The van der Waals surface area contributed by atoms with E-state index >= 15 is 0 Å². The number of para-hydroxylation sites is 1. The van der Waals surface area contributed by atoms with Crippen LogP contribution in [-0.2, 0) is 20.2 Å². The Morgan fingerprint density at radius 3 is 1.91 bits per heavy atom. The molecule has 0 amide bonds. The van der Waals surface area contributed by atoms with Crippen LogP contribution in [0.2, 0.25) is 0 Å². The second kappa shape index (κ2) is 11.5. The number of ether oxygens (including phenoxy) is 1. The summed E-state index contributed by atoms with van der Waals surface area (Å²) in [6.45, 7) is 9.10. The fourth-order valence-corrected chi connectivity index (χ4v) is 7.65. The normalized spacial score (nSPS) is 12.6. The number of anilines is 4. The van der Waals surface area contributed by atoms with Crippen LogP contribution in [0.5, 0.6) is 11.5 Å². The van der Waals surface area contributed by atoms with Gasteiger partial charge >= 0.3 is 0 Å². The van der Waals surface area contributed by atoms with Crippen molar-refractivity contribution in [3.63, 3.8) is 0 Å². The molecule has 0 radical (unpaired) electrons. The lowest BCUT2D eigenvalue weighted by atomic mass is 9.92. The first kappa shape index (κ1) is 31.1. The monoisotopic (exact) mass is 654 g/mol. The molecule has 0 bridgehead atoms. The molecule has 234 valence electrons. The van der Waals surface area contributed by atoms with Gasteiger partial charge in [0.1, 0.15) is 21.3 Å². The smallest absolute Gasteiger partial charge is 0.295 e. The summed E-state index contributed by atoms with van der Waals surface area (Å²) < 4.78 is 76.6. The van der Waals surface area contributed by atoms with Gasteiger partial charge in [0.05, 0.1) is 0 Å². The molecule has 0 saturated carbocycles. The number of rotatable bonds is 7. The summed E-state index contributed by atoms with van der Waals surface area (Å²) in [5.74, 6) is 0.839. The van der Waals surface area contributed by atoms with Crippen LogP contribution in [0.25, 0.3) is 12.2 Å². The molecule has 11 heteroatoms. The van der Waals surface area contributed by atoms with Crippen molar-refractivity contribution in [2.75, 3.05) is 10.6 Å². The summed E-state index contributed by atoms with van der Waals surface area (Å²) in [4.78, 5) is -0.450. The first-order valence-electron chi connectivity index (χ1n) is 14.2. The van der Waals surface area contributed by atoms with Crippen LogP contribution in [-0.4, -0.2) is 25.9 Å². The van der Waals surface area contributed by atoms with Crippen LogP contribution in [0, 0.1) is 20.8 Å². The number of nitrogens with one attached hydrogen (secondary N) is 2. The zero-order chi connectivity index (χ0) is 33.0. The van der Waals surface area contributed by atoms with Gasteiger partial charge in [0.15, 0.2) is 0 Å². The minimum atomic E-state index is -4.60. The number of fused-ring (bicyclic) bond motifs is 2. The van der Waals surface area contributed by atoms with E-state index in [1.165, 1.54) is 12.1 Å². The third-order valence-electron chi connectivity index (χ3n) is 7.97. The van der Waals surface area contributed by atoms with E-state index in [0.717, 1.165) is 5.69 Å². The molecular weight excluding hydrogens is 625 g/mol. The first-order valence-corrected chi connectivity index (χ1v) is 17.0. The molecule has 0 atom stereocenters. The van der Waals surface area contributed by atoms with Gasteiger partial charge in [0.2, 0.25) is 0 Å². The third-order valence-corrected chi connectivity index (χ3v) is 10.0. The summed E-state index contributed by atoms with van der Waals surface area (Å²) in [6, 6.07) is 26.0. The molecule has 1 aliphatic rings. The summed E-state index contributed by atoms with van der Waals surface area (Å²) in [6.07, 6.45) is 0. The quantitative estimate of drug-likeness (QED) is 0.145. The highest BCUT2D eigenvalue weighted by atomic mass is 32.2. The topological polar surface area (TPSA) is 142 Å². The molecule has 6 rings (SSSR count). The molecule has 5 aromatic rings. The predicted octanol–water partition coefficient (Wildman–Crippen LogP) is 6.36. The third kappa shape index (κ3) is 5.65. The van der Waals surface area contributed by atoms with Gasteiger partial charge in [-0.25, -0.2) is 0 Å². The maximum Gasteiger partial charge on any atom is 0.295 e.